The van der Waals surface area contributed by atoms with Gasteiger partial charge in [-0.2, -0.15) is 0 Å². The maximum absolute atomic E-state index is 13.0. The van der Waals surface area contributed by atoms with Gasteiger partial charge in [0.15, 0.2) is 6.29 Å². The molecule has 0 aliphatic carbocycles. The highest BCUT2D eigenvalue weighted by Crippen LogP contribution is 2.32. The van der Waals surface area contributed by atoms with Crippen LogP contribution in [-0.4, -0.2) is 55.0 Å². The number of carbonyl (C=O) groups is 1. The maximum atomic E-state index is 13.0. The van der Waals surface area contributed by atoms with Gasteiger partial charge in [0, 0.05) is 24.6 Å². The van der Waals surface area contributed by atoms with Crippen molar-refractivity contribution < 1.29 is 19.0 Å². The van der Waals surface area contributed by atoms with Crippen LogP contribution >= 0.6 is 11.3 Å². The predicted octanol–water partition coefficient (Wildman–Crippen LogP) is 3.74. The average molecular weight is 403 g/mol. The molecule has 1 aromatic carbocycles. The second kappa shape index (κ2) is 8.59. The smallest absolute Gasteiger partial charge is 0.265 e. The number of nitrogens with zero attached hydrogens (tertiary/aromatic N) is 2. The molecule has 7 heteroatoms. The number of carbonyl (C=O) groups excluding carboxylic acids is 1. The molecule has 0 radical (unpaired) electrons. The van der Waals surface area contributed by atoms with E-state index < -0.39 is 0 Å². The third kappa shape index (κ3) is 4.06. The summed E-state index contributed by atoms with van der Waals surface area (Å²) in [6.45, 7) is 7.35. The minimum atomic E-state index is -0.0892. The van der Waals surface area contributed by atoms with Crippen LogP contribution in [0.5, 0.6) is 5.75 Å². The number of aryl methyl sites for hydroxylation is 1. The molecular weight excluding hydrogens is 376 g/mol. The highest BCUT2D eigenvalue weighted by atomic mass is 32.1. The predicted molar refractivity (Wildman–Crippen MR) is 108 cm³/mol. The number of hydrogen-bond acceptors (Lipinski definition) is 6. The molecule has 0 unspecified atom stereocenters. The van der Waals surface area contributed by atoms with E-state index in [0.717, 1.165) is 52.8 Å². The zero-order chi connectivity index (χ0) is 19.5. The summed E-state index contributed by atoms with van der Waals surface area (Å²) in [6, 6.07) is 7.86. The fraction of sp³-hybridized carbons (Fsp3) is 0.524. The molecule has 0 saturated carbocycles. The van der Waals surface area contributed by atoms with E-state index in [9.17, 15) is 4.79 Å². The van der Waals surface area contributed by atoms with Crippen LogP contribution in [0, 0.1) is 12.8 Å². The molecular formula is C21H26N2O4S. The van der Waals surface area contributed by atoms with E-state index in [1.54, 1.807) is 0 Å². The highest BCUT2D eigenvalue weighted by Gasteiger charge is 2.33. The summed E-state index contributed by atoms with van der Waals surface area (Å²) in [7, 11) is 0. The fourth-order valence-electron chi connectivity index (χ4n) is 3.75. The number of likely N-dealkylation sites (tertiary alicyclic amines) is 1. The molecule has 2 aliphatic rings. The van der Waals surface area contributed by atoms with Gasteiger partial charge in [-0.3, -0.25) is 4.79 Å². The van der Waals surface area contributed by atoms with Crippen LogP contribution in [0.4, 0.5) is 0 Å². The largest absolute Gasteiger partial charge is 0.494 e. The van der Waals surface area contributed by atoms with E-state index in [1.807, 2.05) is 43.0 Å². The van der Waals surface area contributed by atoms with Crippen molar-refractivity contribution in [2.24, 2.45) is 5.92 Å². The first-order chi connectivity index (χ1) is 13.7. The maximum Gasteiger partial charge on any atom is 0.265 e. The third-order valence-electron chi connectivity index (χ3n) is 5.26. The Bertz CT molecular complexity index is 806. The molecule has 6 nitrogen and oxygen atoms in total. The highest BCUT2D eigenvalue weighted by molar-refractivity contribution is 7.17. The van der Waals surface area contributed by atoms with E-state index in [2.05, 4.69) is 4.98 Å². The van der Waals surface area contributed by atoms with Gasteiger partial charge in [-0.1, -0.05) is 0 Å². The Morgan fingerprint density at radius 2 is 1.89 bits per heavy atom. The van der Waals surface area contributed by atoms with Crippen LogP contribution in [0.1, 0.15) is 35.1 Å². The van der Waals surface area contributed by atoms with Gasteiger partial charge in [0.2, 0.25) is 0 Å². The summed E-state index contributed by atoms with van der Waals surface area (Å²) in [5.41, 5.74) is 1.80. The number of ether oxygens (including phenoxy) is 3. The van der Waals surface area contributed by atoms with Crippen molar-refractivity contribution in [1.29, 1.82) is 0 Å². The summed E-state index contributed by atoms with van der Waals surface area (Å²) in [6.07, 6.45) is 1.74. The van der Waals surface area contributed by atoms with E-state index in [-0.39, 0.29) is 12.2 Å². The molecule has 28 heavy (non-hydrogen) atoms. The molecule has 4 rings (SSSR count). The van der Waals surface area contributed by atoms with Gasteiger partial charge in [0.25, 0.3) is 5.91 Å². The van der Waals surface area contributed by atoms with Crippen LogP contribution < -0.4 is 4.74 Å². The molecule has 3 heterocycles. The third-order valence-corrected chi connectivity index (χ3v) is 6.46. The zero-order valence-corrected chi connectivity index (χ0v) is 17.2. The van der Waals surface area contributed by atoms with Gasteiger partial charge < -0.3 is 19.1 Å². The topological polar surface area (TPSA) is 60.9 Å². The number of aromatic nitrogens is 1. The van der Waals surface area contributed by atoms with Gasteiger partial charge in [0.1, 0.15) is 15.6 Å². The van der Waals surface area contributed by atoms with Gasteiger partial charge in [0.05, 0.1) is 25.5 Å². The Balaban J connectivity index is 1.42. The Labute approximate surface area is 169 Å². The number of thiazole rings is 1. The SMILES string of the molecule is CCOc1ccc(-c2nc(C)c(C(=O)N3CCC(C4OCCO4)CC3)s2)cc1. The van der Waals surface area contributed by atoms with Crippen molar-refractivity contribution in [2.45, 2.75) is 33.0 Å². The normalized spacial score (nSPS) is 18.6. The van der Waals surface area contributed by atoms with E-state index in [0.29, 0.717) is 25.7 Å². The van der Waals surface area contributed by atoms with Crippen LogP contribution in [0.2, 0.25) is 0 Å². The standard InChI is InChI=1S/C21H26N2O4S/c1-3-25-17-6-4-15(5-7-17)19-22-14(2)18(28-19)20(24)23-10-8-16(9-11-23)21-26-12-13-27-21/h4-7,16,21H,3,8-13H2,1-2H3. The monoisotopic (exact) mass is 402 g/mol. The Morgan fingerprint density at radius 3 is 2.54 bits per heavy atom. The first kappa shape index (κ1) is 19.4. The van der Waals surface area contributed by atoms with Crippen LogP contribution in [-0.2, 0) is 9.47 Å². The lowest BCUT2D eigenvalue weighted by molar-refractivity contribution is -0.0956. The molecule has 150 valence electrons. The van der Waals surface area contributed by atoms with Crippen molar-refractivity contribution in [3.8, 4) is 16.3 Å². The van der Waals surface area contributed by atoms with Gasteiger partial charge in [-0.15, -0.1) is 11.3 Å². The molecule has 2 aromatic rings. The zero-order valence-electron chi connectivity index (χ0n) is 16.3. The van der Waals surface area contributed by atoms with Crippen LogP contribution in [0.25, 0.3) is 10.6 Å². The minimum absolute atomic E-state index is 0.0823. The summed E-state index contributed by atoms with van der Waals surface area (Å²) in [5, 5.41) is 0.867. The Kier molecular flexibility index (Phi) is 5.94. The van der Waals surface area contributed by atoms with E-state index in [1.165, 1.54) is 11.3 Å². The van der Waals surface area contributed by atoms with E-state index >= 15 is 0 Å². The van der Waals surface area contributed by atoms with Crippen LogP contribution in [0.15, 0.2) is 24.3 Å². The molecule has 0 bridgehead atoms. The molecule has 2 fully saturated rings. The van der Waals surface area contributed by atoms with Gasteiger partial charge in [-0.05, 0) is 51.0 Å². The fourth-order valence-corrected chi connectivity index (χ4v) is 4.79. The van der Waals surface area contributed by atoms with Crippen molar-refractivity contribution in [1.82, 2.24) is 9.88 Å². The molecule has 2 aliphatic heterocycles. The first-order valence-electron chi connectivity index (χ1n) is 9.89. The first-order valence-corrected chi connectivity index (χ1v) is 10.7. The average Bonchev–Trinajstić information content (AvgIpc) is 3.39. The molecule has 2 saturated heterocycles. The lowest BCUT2D eigenvalue weighted by Crippen LogP contribution is -2.41. The number of benzene rings is 1. The summed E-state index contributed by atoms with van der Waals surface area (Å²) < 4.78 is 16.7. The molecule has 1 aromatic heterocycles. The van der Waals surface area contributed by atoms with E-state index in [4.69, 9.17) is 14.2 Å². The lowest BCUT2D eigenvalue weighted by Gasteiger charge is -2.33. The summed E-state index contributed by atoms with van der Waals surface area (Å²) in [4.78, 5) is 20.4. The van der Waals surface area contributed by atoms with Crippen molar-refractivity contribution in [2.75, 3.05) is 32.9 Å². The lowest BCUT2D eigenvalue weighted by atomic mass is 9.96. The molecule has 0 atom stereocenters. The molecule has 0 N–H and O–H groups in total. The van der Waals surface area contributed by atoms with Gasteiger partial charge >= 0.3 is 0 Å². The van der Waals surface area contributed by atoms with Crippen molar-refractivity contribution >= 4 is 17.2 Å². The minimum Gasteiger partial charge on any atom is -0.494 e. The van der Waals surface area contributed by atoms with Crippen LogP contribution in [0.3, 0.4) is 0 Å². The number of amides is 1. The Morgan fingerprint density at radius 1 is 1.21 bits per heavy atom. The summed E-state index contributed by atoms with van der Waals surface area (Å²) >= 11 is 1.47. The number of rotatable bonds is 5. The van der Waals surface area contributed by atoms with Gasteiger partial charge in [-0.25, -0.2) is 4.98 Å². The number of hydrogen-bond donors (Lipinski definition) is 0. The quantitative estimate of drug-likeness (QED) is 0.762. The molecule has 1 amide bonds. The second-order valence-corrected chi connectivity index (χ2v) is 8.13. The second-order valence-electron chi connectivity index (χ2n) is 7.13. The Hall–Kier alpha value is -1.96. The number of piperidine rings is 1. The molecule has 0 spiro atoms. The van der Waals surface area contributed by atoms with Crippen molar-refractivity contribution in [3.63, 3.8) is 0 Å². The van der Waals surface area contributed by atoms with Crippen molar-refractivity contribution in [3.05, 3.63) is 34.8 Å². The summed E-state index contributed by atoms with van der Waals surface area (Å²) in [5.74, 6) is 1.31.